The molecule has 2 aromatic heterocycles. The molecule has 2 amide bonds. The minimum Gasteiger partial charge on any atom is -0.379 e. The molecule has 1 fully saturated rings. The Morgan fingerprint density at radius 2 is 2.18 bits per heavy atom. The number of alkyl halides is 2. The molecular formula is C22H24F3N7O2. The van der Waals surface area contributed by atoms with E-state index in [0.717, 1.165) is 24.2 Å². The molecule has 34 heavy (non-hydrogen) atoms. The average molecular weight is 475 g/mol. The molecule has 4 heterocycles. The smallest absolute Gasteiger partial charge is 0.315 e. The summed E-state index contributed by atoms with van der Waals surface area (Å²) in [7, 11) is 1.65. The number of aryl methyl sites for hydroxylation is 1. The lowest BCUT2D eigenvalue weighted by atomic mass is 10.0. The number of hydrogen-bond acceptors (Lipinski definition) is 5. The van der Waals surface area contributed by atoms with Crippen molar-refractivity contribution in [2.75, 3.05) is 25.1 Å². The third-order valence-corrected chi connectivity index (χ3v) is 6.29. The van der Waals surface area contributed by atoms with Gasteiger partial charge in [-0.15, -0.1) is 0 Å². The number of hydrogen-bond donors (Lipinski definition) is 2. The normalized spacial score (nSPS) is 17.9. The second kappa shape index (κ2) is 8.67. The van der Waals surface area contributed by atoms with Crippen molar-refractivity contribution in [2.45, 2.75) is 31.9 Å². The molecule has 1 saturated heterocycles. The van der Waals surface area contributed by atoms with Crippen LogP contribution in [0.3, 0.4) is 0 Å². The summed E-state index contributed by atoms with van der Waals surface area (Å²) >= 11 is 0. The summed E-state index contributed by atoms with van der Waals surface area (Å²) in [6.07, 6.45) is 1.43. The molecule has 180 valence electrons. The van der Waals surface area contributed by atoms with Gasteiger partial charge in [0.15, 0.2) is 5.82 Å². The Hall–Kier alpha value is -3.54. The molecule has 0 aliphatic carbocycles. The van der Waals surface area contributed by atoms with Gasteiger partial charge in [0.2, 0.25) is 0 Å². The number of primary amides is 1. The third kappa shape index (κ3) is 3.98. The molecule has 3 aromatic rings. The van der Waals surface area contributed by atoms with E-state index in [1.54, 1.807) is 13.2 Å². The Balaban J connectivity index is 1.55. The minimum absolute atomic E-state index is 0.0128. The van der Waals surface area contributed by atoms with Crippen LogP contribution in [-0.4, -0.2) is 50.3 Å². The van der Waals surface area contributed by atoms with Crippen molar-refractivity contribution in [2.24, 2.45) is 12.8 Å². The van der Waals surface area contributed by atoms with E-state index in [0.29, 0.717) is 43.1 Å². The molecule has 12 heteroatoms. The number of nitrogens with two attached hydrogens (primary N) is 1. The van der Waals surface area contributed by atoms with Crippen molar-refractivity contribution in [3.05, 3.63) is 47.2 Å². The Morgan fingerprint density at radius 1 is 1.35 bits per heavy atom. The number of ether oxygens (including phenoxy) is 1. The van der Waals surface area contributed by atoms with Gasteiger partial charge >= 0.3 is 6.03 Å². The molecule has 9 nitrogen and oxygen atoms in total. The van der Waals surface area contributed by atoms with Gasteiger partial charge < -0.3 is 20.7 Å². The Morgan fingerprint density at radius 3 is 2.82 bits per heavy atom. The number of halogens is 3. The van der Waals surface area contributed by atoms with Crippen molar-refractivity contribution in [1.29, 1.82) is 0 Å². The number of aromatic nitrogens is 4. The highest BCUT2D eigenvalue weighted by molar-refractivity contribution is 5.74. The highest BCUT2D eigenvalue weighted by Crippen LogP contribution is 2.37. The predicted octanol–water partition coefficient (Wildman–Crippen LogP) is 3.50. The third-order valence-electron chi connectivity index (χ3n) is 6.29. The Kier molecular flexibility index (Phi) is 5.68. The molecule has 0 unspecified atom stereocenters. The van der Waals surface area contributed by atoms with Crippen LogP contribution >= 0.6 is 0 Å². The van der Waals surface area contributed by atoms with Crippen LogP contribution in [0.2, 0.25) is 0 Å². The number of carbonyl (C=O) groups excluding carboxylic acids is 1. The van der Waals surface area contributed by atoms with Gasteiger partial charge in [0.05, 0.1) is 31.1 Å². The van der Waals surface area contributed by atoms with Crippen molar-refractivity contribution in [3.8, 4) is 11.1 Å². The van der Waals surface area contributed by atoms with Gasteiger partial charge in [-0.05, 0) is 24.1 Å². The summed E-state index contributed by atoms with van der Waals surface area (Å²) in [4.78, 5) is 13.2. The fraction of sp³-hybridized carbons (Fsp3) is 0.409. The Bertz CT molecular complexity index is 1230. The number of anilines is 2. The summed E-state index contributed by atoms with van der Waals surface area (Å²) in [5.41, 5.74) is 7.07. The summed E-state index contributed by atoms with van der Waals surface area (Å²) in [5.74, 6) is -0.403. The van der Waals surface area contributed by atoms with E-state index in [1.807, 2.05) is 4.68 Å². The van der Waals surface area contributed by atoms with Crippen LogP contribution in [0.4, 0.5) is 29.5 Å². The molecule has 0 spiro atoms. The first kappa shape index (κ1) is 22.3. The topological polar surface area (TPSA) is 103 Å². The van der Waals surface area contributed by atoms with E-state index in [2.05, 4.69) is 15.5 Å². The van der Waals surface area contributed by atoms with E-state index in [1.165, 1.54) is 15.8 Å². The van der Waals surface area contributed by atoms with E-state index in [-0.39, 0.29) is 29.4 Å². The average Bonchev–Trinajstić information content (AvgIpc) is 3.55. The van der Waals surface area contributed by atoms with Gasteiger partial charge in [-0.2, -0.15) is 10.2 Å². The SMILES string of the molecule is Cn1cc(-c2cc(F)c(Nc3nn([C@H]4CCOC4)c4c3CN(C(N)=O)CC4)cc2C(F)F)cn1. The van der Waals surface area contributed by atoms with E-state index >= 15 is 4.39 Å². The first-order valence-corrected chi connectivity index (χ1v) is 10.9. The van der Waals surface area contributed by atoms with Crippen molar-refractivity contribution < 1.29 is 22.7 Å². The van der Waals surface area contributed by atoms with Crippen molar-refractivity contribution in [3.63, 3.8) is 0 Å². The van der Waals surface area contributed by atoms with Crippen LogP contribution in [0.25, 0.3) is 11.1 Å². The number of urea groups is 1. The maximum atomic E-state index is 15.1. The molecule has 1 aromatic carbocycles. The lowest BCUT2D eigenvalue weighted by Crippen LogP contribution is -2.40. The number of carbonyl (C=O) groups is 1. The number of fused-ring (bicyclic) bond motifs is 1. The van der Waals surface area contributed by atoms with Crippen molar-refractivity contribution in [1.82, 2.24) is 24.5 Å². The number of rotatable bonds is 5. The molecular weight excluding hydrogens is 451 g/mol. The molecule has 2 aliphatic heterocycles. The number of nitrogens with one attached hydrogen (secondary N) is 1. The molecule has 3 N–H and O–H groups in total. The highest BCUT2D eigenvalue weighted by atomic mass is 19.3. The molecule has 1 atom stereocenters. The Labute approximate surface area is 193 Å². The molecule has 0 saturated carbocycles. The molecule has 0 bridgehead atoms. The van der Waals surface area contributed by atoms with Crippen LogP contribution in [-0.2, 0) is 24.8 Å². The summed E-state index contributed by atoms with van der Waals surface area (Å²) in [6, 6.07) is 1.62. The fourth-order valence-corrected chi connectivity index (χ4v) is 4.56. The van der Waals surface area contributed by atoms with E-state index in [9.17, 15) is 13.6 Å². The maximum absolute atomic E-state index is 15.1. The van der Waals surface area contributed by atoms with Crippen LogP contribution in [0, 0.1) is 5.82 Å². The van der Waals surface area contributed by atoms with Gasteiger partial charge in [0.1, 0.15) is 5.82 Å². The minimum atomic E-state index is -2.83. The first-order chi connectivity index (χ1) is 16.3. The van der Waals surface area contributed by atoms with Crippen LogP contribution in [0.1, 0.15) is 35.7 Å². The highest BCUT2D eigenvalue weighted by Gasteiger charge is 2.31. The van der Waals surface area contributed by atoms with Crippen LogP contribution < -0.4 is 11.1 Å². The largest absolute Gasteiger partial charge is 0.379 e. The second-order valence-corrected chi connectivity index (χ2v) is 8.49. The first-order valence-electron chi connectivity index (χ1n) is 10.9. The van der Waals surface area contributed by atoms with Gasteiger partial charge in [-0.3, -0.25) is 9.36 Å². The quantitative estimate of drug-likeness (QED) is 0.588. The van der Waals surface area contributed by atoms with Crippen LogP contribution in [0.5, 0.6) is 0 Å². The zero-order chi connectivity index (χ0) is 24.0. The standard InChI is InChI=1S/C22H24F3N7O2/c1-30-9-12(8-27-30)14-6-17(23)18(7-15(14)20(24)25)28-21-16-10-31(22(26)33)4-2-19(16)32(29-21)13-3-5-34-11-13/h6-9,13,20H,2-5,10-11H2,1H3,(H2,26,33)(H,28,29)/t13-/m0/s1. The maximum Gasteiger partial charge on any atom is 0.315 e. The van der Waals surface area contributed by atoms with Crippen molar-refractivity contribution >= 4 is 17.5 Å². The van der Waals surface area contributed by atoms with Gasteiger partial charge in [0, 0.05) is 55.2 Å². The number of nitrogens with zero attached hydrogens (tertiary/aromatic N) is 5. The summed E-state index contributed by atoms with van der Waals surface area (Å²) in [5, 5.41) is 11.5. The molecule has 5 rings (SSSR count). The predicted molar refractivity (Wildman–Crippen MR) is 117 cm³/mol. The van der Waals surface area contributed by atoms with Gasteiger partial charge in [-0.1, -0.05) is 0 Å². The van der Waals surface area contributed by atoms with Gasteiger partial charge in [0.25, 0.3) is 6.43 Å². The lowest BCUT2D eigenvalue weighted by molar-refractivity contribution is 0.152. The zero-order valence-corrected chi connectivity index (χ0v) is 18.5. The molecule has 0 radical (unpaired) electrons. The lowest BCUT2D eigenvalue weighted by Gasteiger charge is -2.27. The summed E-state index contributed by atoms with van der Waals surface area (Å²) < 4.78 is 51.8. The number of amides is 2. The van der Waals surface area contributed by atoms with E-state index in [4.69, 9.17) is 10.5 Å². The van der Waals surface area contributed by atoms with E-state index < -0.39 is 18.3 Å². The second-order valence-electron chi connectivity index (χ2n) is 8.49. The summed E-state index contributed by atoms with van der Waals surface area (Å²) in [6.45, 7) is 1.73. The van der Waals surface area contributed by atoms with Gasteiger partial charge in [-0.25, -0.2) is 18.0 Å². The fourth-order valence-electron chi connectivity index (χ4n) is 4.56. The van der Waals surface area contributed by atoms with Crippen LogP contribution in [0.15, 0.2) is 24.5 Å². The number of benzene rings is 1. The molecule has 2 aliphatic rings. The zero-order valence-electron chi connectivity index (χ0n) is 18.5. The monoisotopic (exact) mass is 475 g/mol.